The van der Waals surface area contributed by atoms with Gasteiger partial charge < -0.3 is 26.0 Å². The first kappa shape index (κ1) is 14.6. The van der Waals surface area contributed by atoms with Gasteiger partial charge in [-0.3, -0.25) is 9.36 Å². The molecule has 0 spiro atoms. The number of likely N-dealkylation sites (N-methyl/N-ethyl adjacent to an activating group) is 1. The van der Waals surface area contributed by atoms with Crippen molar-refractivity contribution in [2.24, 2.45) is 0 Å². The Morgan fingerprint density at radius 3 is 2.91 bits per heavy atom. The predicted octanol–water partition coefficient (Wildman–Crippen LogP) is -1.84. The van der Waals surface area contributed by atoms with Gasteiger partial charge in [-0.05, 0) is 6.92 Å². The highest BCUT2D eigenvalue weighted by atomic mass is 16.6. The van der Waals surface area contributed by atoms with Crippen molar-refractivity contribution < 1.29 is 19.7 Å². The fourth-order valence-electron chi connectivity index (χ4n) is 2.44. The standard InChI is InChI=1S/C12H16N6O4/c1-2-14-11(21)8-6(19)7(20)12(22-8)18-4-17-5-9(13)15-3-16-10(5)18/h3-4,6-8,12,19-20H,2H2,1H3,(H,14,21)(H2,13,15,16)/t6-,7?,8+,12-/m1/s1. The number of fused-ring (bicyclic) bond motifs is 1. The van der Waals surface area contributed by atoms with Gasteiger partial charge in [-0.25, -0.2) is 15.0 Å². The number of imidazole rings is 1. The van der Waals surface area contributed by atoms with Crippen molar-refractivity contribution in [3.63, 3.8) is 0 Å². The summed E-state index contributed by atoms with van der Waals surface area (Å²) in [5, 5.41) is 22.7. The van der Waals surface area contributed by atoms with Crippen LogP contribution in [0.15, 0.2) is 12.7 Å². The van der Waals surface area contributed by atoms with Gasteiger partial charge in [0.25, 0.3) is 5.91 Å². The fourth-order valence-corrected chi connectivity index (χ4v) is 2.44. The average Bonchev–Trinajstić information content (AvgIpc) is 3.03. The minimum absolute atomic E-state index is 0.192. The number of nitrogen functional groups attached to an aromatic ring is 1. The molecule has 22 heavy (non-hydrogen) atoms. The van der Waals surface area contributed by atoms with Crippen LogP contribution in [-0.4, -0.2) is 60.5 Å². The molecule has 10 heteroatoms. The summed E-state index contributed by atoms with van der Waals surface area (Å²) in [4.78, 5) is 23.8. The summed E-state index contributed by atoms with van der Waals surface area (Å²) >= 11 is 0. The number of anilines is 1. The third kappa shape index (κ3) is 2.17. The van der Waals surface area contributed by atoms with Crippen LogP contribution in [0.4, 0.5) is 5.82 Å². The molecule has 1 unspecified atom stereocenters. The molecule has 0 radical (unpaired) electrons. The molecule has 10 nitrogen and oxygen atoms in total. The maximum Gasteiger partial charge on any atom is 0.252 e. The number of nitrogens with one attached hydrogen (secondary N) is 1. The highest BCUT2D eigenvalue weighted by molar-refractivity contribution is 5.82. The number of aliphatic hydroxyl groups is 2. The van der Waals surface area contributed by atoms with Crippen LogP contribution in [0.2, 0.25) is 0 Å². The van der Waals surface area contributed by atoms with E-state index in [1.54, 1.807) is 6.92 Å². The Bertz CT molecular complexity index is 704. The van der Waals surface area contributed by atoms with Gasteiger partial charge in [0.15, 0.2) is 23.8 Å². The van der Waals surface area contributed by atoms with Crippen LogP contribution < -0.4 is 11.1 Å². The van der Waals surface area contributed by atoms with E-state index >= 15 is 0 Å². The second kappa shape index (κ2) is 5.48. The topological polar surface area (TPSA) is 148 Å². The average molecular weight is 308 g/mol. The van der Waals surface area contributed by atoms with E-state index in [0.29, 0.717) is 17.7 Å². The Balaban J connectivity index is 1.94. The Kier molecular flexibility index (Phi) is 3.64. The van der Waals surface area contributed by atoms with Crippen LogP contribution >= 0.6 is 0 Å². The molecule has 2 aromatic heterocycles. The molecule has 118 valence electrons. The van der Waals surface area contributed by atoms with Gasteiger partial charge in [-0.2, -0.15) is 0 Å². The van der Waals surface area contributed by atoms with Crippen LogP contribution in [0.3, 0.4) is 0 Å². The molecular weight excluding hydrogens is 292 g/mol. The number of aliphatic hydroxyl groups excluding tert-OH is 2. The largest absolute Gasteiger partial charge is 0.387 e. The number of aromatic nitrogens is 4. The third-order valence-electron chi connectivity index (χ3n) is 3.51. The summed E-state index contributed by atoms with van der Waals surface area (Å²) in [6, 6.07) is 0. The van der Waals surface area contributed by atoms with Crippen molar-refractivity contribution in [3.05, 3.63) is 12.7 Å². The van der Waals surface area contributed by atoms with Crippen molar-refractivity contribution in [2.45, 2.75) is 31.5 Å². The van der Waals surface area contributed by atoms with Crippen molar-refractivity contribution >= 4 is 22.9 Å². The third-order valence-corrected chi connectivity index (χ3v) is 3.51. The predicted molar refractivity (Wildman–Crippen MR) is 74.3 cm³/mol. The summed E-state index contributed by atoms with van der Waals surface area (Å²) in [6.07, 6.45) is -2.20. The van der Waals surface area contributed by atoms with Gasteiger partial charge in [-0.1, -0.05) is 0 Å². The normalized spacial score (nSPS) is 28.1. The van der Waals surface area contributed by atoms with E-state index in [1.165, 1.54) is 17.2 Å². The van der Waals surface area contributed by atoms with E-state index in [9.17, 15) is 15.0 Å². The minimum Gasteiger partial charge on any atom is -0.387 e. The van der Waals surface area contributed by atoms with E-state index < -0.39 is 30.4 Å². The van der Waals surface area contributed by atoms with Crippen molar-refractivity contribution in [2.75, 3.05) is 12.3 Å². The lowest BCUT2D eigenvalue weighted by atomic mass is 10.1. The fraction of sp³-hybridized carbons (Fsp3) is 0.500. The maximum absolute atomic E-state index is 11.9. The van der Waals surface area contributed by atoms with Gasteiger partial charge in [-0.15, -0.1) is 0 Å². The number of rotatable bonds is 3. The molecule has 1 aliphatic rings. The molecule has 0 saturated carbocycles. The monoisotopic (exact) mass is 308 g/mol. The molecule has 2 aromatic rings. The number of hydrogen-bond donors (Lipinski definition) is 4. The second-order valence-corrected chi connectivity index (χ2v) is 4.91. The van der Waals surface area contributed by atoms with Gasteiger partial charge in [0.1, 0.15) is 24.1 Å². The number of nitrogens with two attached hydrogens (primary N) is 1. The number of carbonyl (C=O) groups excluding carboxylic acids is 1. The molecule has 0 aliphatic carbocycles. The summed E-state index contributed by atoms with van der Waals surface area (Å²) in [5.74, 6) is -0.299. The first-order valence-corrected chi connectivity index (χ1v) is 6.77. The smallest absolute Gasteiger partial charge is 0.252 e. The summed E-state index contributed by atoms with van der Waals surface area (Å²) < 4.78 is 6.92. The highest BCUT2D eigenvalue weighted by Gasteiger charge is 2.47. The highest BCUT2D eigenvalue weighted by Crippen LogP contribution is 2.31. The molecule has 1 amide bonds. The maximum atomic E-state index is 11.9. The zero-order valence-corrected chi connectivity index (χ0v) is 11.7. The molecule has 1 aliphatic heterocycles. The summed E-state index contributed by atoms with van der Waals surface area (Å²) in [5.41, 5.74) is 6.40. The molecular formula is C12H16N6O4. The first-order valence-electron chi connectivity index (χ1n) is 6.77. The minimum atomic E-state index is -1.35. The Labute approximate surface area is 124 Å². The molecule has 0 bridgehead atoms. The number of ether oxygens (including phenoxy) is 1. The van der Waals surface area contributed by atoms with E-state index in [4.69, 9.17) is 10.5 Å². The molecule has 0 aromatic carbocycles. The van der Waals surface area contributed by atoms with Crippen molar-refractivity contribution in [1.82, 2.24) is 24.8 Å². The Hall–Kier alpha value is -2.30. The molecule has 1 saturated heterocycles. The first-order chi connectivity index (χ1) is 10.5. The van der Waals surface area contributed by atoms with Gasteiger partial charge in [0.05, 0.1) is 6.33 Å². The summed E-state index contributed by atoms with van der Waals surface area (Å²) in [7, 11) is 0. The quantitative estimate of drug-likeness (QED) is 0.517. The van der Waals surface area contributed by atoms with Crippen LogP contribution in [-0.2, 0) is 9.53 Å². The van der Waals surface area contributed by atoms with Gasteiger partial charge in [0.2, 0.25) is 0 Å². The zero-order valence-electron chi connectivity index (χ0n) is 11.7. The van der Waals surface area contributed by atoms with Crippen molar-refractivity contribution in [3.8, 4) is 0 Å². The molecule has 4 atom stereocenters. The van der Waals surface area contributed by atoms with Gasteiger partial charge in [0, 0.05) is 6.54 Å². The second-order valence-electron chi connectivity index (χ2n) is 4.91. The van der Waals surface area contributed by atoms with Crippen LogP contribution in [0.5, 0.6) is 0 Å². The molecule has 3 heterocycles. The summed E-state index contributed by atoms with van der Waals surface area (Å²) in [6.45, 7) is 2.14. The SMILES string of the molecule is CCNC(=O)[C@H]1O[C@@H](n2cnc3c(N)ncnc32)C(O)[C@H]1O. The molecule has 3 rings (SSSR count). The van der Waals surface area contributed by atoms with Crippen LogP contribution in [0.1, 0.15) is 13.2 Å². The Morgan fingerprint density at radius 2 is 2.18 bits per heavy atom. The number of amides is 1. The van der Waals surface area contributed by atoms with Crippen molar-refractivity contribution in [1.29, 1.82) is 0 Å². The van der Waals surface area contributed by atoms with E-state index in [2.05, 4.69) is 20.3 Å². The lowest BCUT2D eigenvalue weighted by Gasteiger charge is -2.16. The number of carbonyl (C=O) groups is 1. The van der Waals surface area contributed by atoms with Gasteiger partial charge >= 0.3 is 0 Å². The van der Waals surface area contributed by atoms with Crippen LogP contribution in [0.25, 0.3) is 11.2 Å². The Morgan fingerprint density at radius 1 is 1.41 bits per heavy atom. The van der Waals surface area contributed by atoms with E-state index in [1.807, 2.05) is 0 Å². The lowest BCUT2D eigenvalue weighted by molar-refractivity contribution is -0.137. The number of nitrogens with zero attached hydrogens (tertiary/aromatic N) is 4. The van der Waals surface area contributed by atoms with E-state index in [-0.39, 0.29) is 5.82 Å². The number of hydrogen-bond acceptors (Lipinski definition) is 8. The molecule has 1 fully saturated rings. The lowest BCUT2D eigenvalue weighted by Crippen LogP contribution is -2.42. The molecule has 5 N–H and O–H groups in total. The van der Waals surface area contributed by atoms with Crippen LogP contribution in [0, 0.1) is 0 Å². The zero-order chi connectivity index (χ0) is 15.9. The van der Waals surface area contributed by atoms with E-state index in [0.717, 1.165) is 0 Å².